The number of rotatable bonds is 2. The van der Waals surface area contributed by atoms with Gasteiger partial charge in [0.1, 0.15) is 0 Å². The SMILES string of the molecule is CCOC(=O)C12CCCC1C1CCC2C1. The molecule has 15 heavy (non-hydrogen) atoms. The molecule has 3 fully saturated rings. The molecule has 3 rings (SSSR count). The van der Waals surface area contributed by atoms with E-state index >= 15 is 0 Å². The summed E-state index contributed by atoms with van der Waals surface area (Å²) in [7, 11) is 0. The lowest BCUT2D eigenvalue weighted by molar-refractivity contribution is -0.161. The standard InChI is InChI=1S/C13H20O2/c1-2-15-12(14)13-7-3-4-11(13)9-5-6-10(13)8-9/h9-11H,2-8H2,1H3. The molecule has 3 aliphatic carbocycles. The number of carbonyl (C=O) groups excluding carboxylic acids is 1. The first-order valence-electron chi connectivity index (χ1n) is 6.46. The number of esters is 1. The Morgan fingerprint density at radius 2 is 2.27 bits per heavy atom. The van der Waals surface area contributed by atoms with Crippen molar-refractivity contribution in [2.75, 3.05) is 6.61 Å². The van der Waals surface area contributed by atoms with E-state index < -0.39 is 0 Å². The topological polar surface area (TPSA) is 26.3 Å². The average molecular weight is 208 g/mol. The highest BCUT2D eigenvalue weighted by Gasteiger charge is 2.64. The summed E-state index contributed by atoms with van der Waals surface area (Å²) >= 11 is 0. The van der Waals surface area contributed by atoms with Crippen molar-refractivity contribution in [1.29, 1.82) is 0 Å². The first-order chi connectivity index (χ1) is 7.29. The summed E-state index contributed by atoms with van der Waals surface area (Å²) < 4.78 is 5.34. The Balaban J connectivity index is 1.91. The van der Waals surface area contributed by atoms with E-state index in [4.69, 9.17) is 4.74 Å². The smallest absolute Gasteiger partial charge is 0.312 e. The van der Waals surface area contributed by atoms with Crippen LogP contribution in [0.15, 0.2) is 0 Å². The fourth-order valence-electron chi connectivity index (χ4n) is 4.76. The monoisotopic (exact) mass is 208 g/mol. The zero-order valence-corrected chi connectivity index (χ0v) is 9.50. The van der Waals surface area contributed by atoms with Gasteiger partial charge in [0.2, 0.25) is 0 Å². The number of hydrogen-bond donors (Lipinski definition) is 0. The molecule has 0 aromatic carbocycles. The summed E-state index contributed by atoms with van der Waals surface area (Å²) in [6.07, 6.45) is 7.59. The van der Waals surface area contributed by atoms with Crippen LogP contribution in [0.5, 0.6) is 0 Å². The molecule has 0 aromatic heterocycles. The zero-order chi connectivity index (χ0) is 10.5. The molecule has 0 aliphatic heterocycles. The molecule has 0 aromatic rings. The van der Waals surface area contributed by atoms with Gasteiger partial charge in [0.15, 0.2) is 0 Å². The second-order valence-corrected chi connectivity index (χ2v) is 5.53. The molecule has 0 amide bonds. The van der Waals surface area contributed by atoms with E-state index in [0.29, 0.717) is 18.4 Å². The van der Waals surface area contributed by atoms with Gasteiger partial charge in [-0.2, -0.15) is 0 Å². The van der Waals surface area contributed by atoms with Crippen LogP contribution >= 0.6 is 0 Å². The molecule has 4 atom stereocenters. The second-order valence-electron chi connectivity index (χ2n) is 5.53. The van der Waals surface area contributed by atoms with Crippen molar-refractivity contribution in [3.8, 4) is 0 Å². The number of hydrogen-bond acceptors (Lipinski definition) is 2. The number of fused-ring (bicyclic) bond motifs is 5. The summed E-state index contributed by atoms with van der Waals surface area (Å²) in [6, 6.07) is 0. The van der Waals surface area contributed by atoms with Crippen molar-refractivity contribution in [3.63, 3.8) is 0 Å². The van der Waals surface area contributed by atoms with Crippen LogP contribution in [0.25, 0.3) is 0 Å². The van der Waals surface area contributed by atoms with Crippen LogP contribution in [0, 0.1) is 23.2 Å². The quantitative estimate of drug-likeness (QED) is 0.652. The van der Waals surface area contributed by atoms with Crippen LogP contribution in [0.3, 0.4) is 0 Å². The van der Waals surface area contributed by atoms with Crippen LogP contribution in [-0.4, -0.2) is 12.6 Å². The largest absolute Gasteiger partial charge is 0.466 e. The lowest BCUT2D eigenvalue weighted by Crippen LogP contribution is -2.41. The van der Waals surface area contributed by atoms with Gasteiger partial charge >= 0.3 is 5.97 Å². The van der Waals surface area contributed by atoms with Crippen molar-refractivity contribution in [2.24, 2.45) is 23.2 Å². The van der Waals surface area contributed by atoms with E-state index in [1.54, 1.807) is 0 Å². The van der Waals surface area contributed by atoms with Crippen molar-refractivity contribution in [1.82, 2.24) is 0 Å². The first kappa shape index (κ1) is 9.68. The first-order valence-corrected chi connectivity index (χ1v) is 6.46. The highest BCUT2D eigenvalue weighted by molar-refractivity contribution is 5.79. The van der Waals surface area contributed by atoms with E-state index in [1.165, 1.54) is 32.1 Å². The van der Waals surface area contributed by atoms with Gasteiger partial charge in [0, 0.05) is 0 Å². The number of carbonyl (C=O) groups is 1. The van der Waals surface area contributed by atoms with E-state index in [9.17, 15) is 4.79 Å². The minimum atomic E-state index is -0.0288. The molecule has 3 saturated carbocycles. The van der Waals surface area contributed by atoms with Gasteiger partial charge in [-0.15, -0.1) is 0 Å². The van der Waals surface area contributed by atoms with Crippen molar-refractivity contribution >= 4 is 5.97 Å². The maximum absolute atomic E-state index is 12.2. The zero-order valence-electron chi connectivity index (χ0n) is 9.50. The Bertz CT molecular complexity index is 286. The molecule has 4 unspecified atom stereocenters. The molecule has 2 bridgehead atoms. The minimum Gasteiger partial charge on any atom is -0.466 e. The van der Waals surface area contributed by atoms with Gasteiger partial charge in [-0.3, -0.25) is 4.79 Å². The van der Waals surface area contributed by atoms with Crippen LogP contribution in [0.2, 0.25) is 0 Å². The van der Waals surface area contributed by atoms with Crippen molar-refractivity contribution in [3.05, 3.63) is 0 Å². The van der Waals surface area contributed by atoms with E-state index in [1.807, 2.05) is 6.92 Å². The predicted octanol–water partition coefficient (Wildman–Crippen LogP) is 2.77. The maximum atomic E-state index is 12.2. The Labute approximate surface area is 91.4 Å². The van der Waals surface area contributed by atoms with Crippen LogP contribution in [0.1, 0.15) is 45.4 Å². The van der Waals surface area contributed by atoms with Crippen LogP contribution in [-0.2, 0) is 9.53 Å². The van der Waals surface area contributed by atoms with Gasteiger partial charge in [0.05, 0.1) is 12.0 Å². The van der Waals surface area contributed by atoms with E-state index in [-0.39, 0.29) is 11.4 Å². The average Bonchev–Trinajstić information content (AvgIpc) is 2.90. The van der Waals surface area contributed by atoms with E-state index in [2.05, 4.69) is 0 Å². The Morgan fingerprint density at radius 3 is 3.07 bits per heavy atom. The molecule has 2 nitrogen and oxygen atoms in total. The molecule has 0 heterocycles. The predicted molar refractivity (Wildman–Crippen MR) is 57.2 cm³/mol. The number of ether oxygens (including phenoxy) is 1. The van der Waals surface area contributed by atoms with Gasteiger partial charge in [-0.1, -0.05) is 6.42 Å². The summed E-state index contributed by atoms with van der Waals surface area (Å²) in [5, 5.41) is 0. The lowest BCUT2D eigenvalue weighted by Gasteiger charge is -2.36. The molecular weight excluding hydrogens is 188 g/mol. The third-order valence-corrected chi connectivity index (χ3v) is 5.19. The molecule has 0 saturated heterocycles. The normalized spacial score (nSPS) is 46.9. The Morgan fingerprint density at radius 1 is 1.40 bits per heavy atom. The highest BCUT2D eigenvalue weighted by atomic mass is 16.5. The van der Waals surface area contributed by atoms with Gasteiger partial charge in [-0.05, 0) is 56.8 Å². The third kappa shape index (κ3) is 1.08. The molecule has 84 valence electrons. The molecule has 2 heteroatoms. The van der Waals surface area contributed by atoms with Crippen molar-refractivity contribution < 1.29 is 9.53 Å². The molecule has 0 N–H and O–H groups in total. The Hall–Kier alpha value is -0.530. The summed E-state index contributed by atoms with van der Waals surface area (Å²) in [5.74, 6) is 2.32. The van der Waals surface area contributed by atoms with Crippen LogP contribution in [0.4, 0.5) is 0 Å². The Kier molecular flexibility index (Phi) is 2.08. The van der Waals surface area contributed by atoms with Gasteiger partial charge in [0.25, 0.3) is 0 Å². The molecule has 0 spiro atoms. The minimum absolute atomic E-state index is 0.0288. The summed E-state index contributed by atoms with van der Waals surface area (Å²) in [5.41, 5.74) is -0.0288. The highest BCUT2D eigenvalue weighted by Crippen LogP contribution is 2.66. The molecular formula is C13H20O2. The fourth-order valence-corrected chi connectivity index (χ4v) is 4.76. The summed E-state index contributed by atoms with van der Waals surface area (Å²) in [6.45, 7) is 2.47. The summed E-state index contributed by atoms with van der Waals surface area (Å²) in [4.78, 5) is 12.2. The van der Waals surface area contributed by atoms with Gasteiger partial charge in [-0.25, -0.2) is 0 Å². The fraction of sp³-hybridized carbons (Fsp3) is 0.923. The van der Waals surface area contributed by atoms with Gasteiger partial charge < -0.3 is 4.74 Å². The second kappa shape index (κ2) is 3.23. The maximum Gasteiger partial charge on any atom is 0.312 e. The lowest BCUT2D eigenvalue weighted by atomic mass is 9.68. The van der Waals surface area contributed by atoms with Crippen molar-refractivity contribution in [2.45, 2.75) is 45.4 Å². The molecule has 0 radical (unpaired) electrons. The third-order valence-electron chi connectivity index (χ3n) is 5.19. The molecule has 3 aliphatic rings. The van der Waals surface area contributed by atoms with Crippen LogP contribution < -0.4 is 0 Å². The van der Waals surface area contributed by atoms with E-state index in [0.717, 1.165) is 12.3 Å².